The van der Waals surface area contributed by atoms with Crippen molar-refractivity contribution < 1.29 is 23.8 Å². The number of carbonyl (C=O) groups is 2. The van der Waals surface area contributed by atoms with Crippen LogP contribution in [0, 0.1) is 13.8 Å². The number of Topliss-reactive ketones (excluding diaryl/α,β-unsaturated/α-hetero) is 1. The molecule has 0 saturated carbocycles. The van der Waals surface area contributed by atoms with Crippen molar-refractivity contribution in [3.8, 4) is 5.75 Å². The third-order valence-corrected chi connectivity index (χ3v) is 6.23. The zero-order valence-electron chi connectivity index (χ0n) is 20.1. The molecule has 1 aromatic heterocycles. The number of ketones is 1. The van der Waals surface area contributed by atoms with Crippen molar-refractivity contribution >= 4 is 23.1 Å². The number of rotatable bonds is 6. The average molecular weight is 460 g/mol. The summed E-state index contributed by atoms with van der Waals surface area (Å²) in [5.41, 5.74) is 3.99. The van der Waals surface area contributed by atoms with Crippen LogP contribution >= 0.6 is 0 Å². The second-order valence-corrected chi connectivity index (χ2v) is 8.79. The number of anilines is 1. The molecule has 6 heteroatoms. The molecule has 0 radical (unpaired) electrons. The molecule has 1 aliphatic rings. The molecule has 0 spiro atoms. The smallest absolute Gasteiger partial charge is 0.300 e. The maximum atomic E-state index is 13.3. The minimum atomic E-state index is -0.883. The molecule has 34 heavy (non-hydrogen) atoms. The van der Waals surface area contributed by atoms with Crippen LogP contribution in [0.25, 0.3) is 5.76 Å². The van der Waals surface area contributed by atoms with E-state index in [0.29, 0.717) is 23.6 Å². The van der Waals surface area contributed by atoms with Crippen LogP contribution in [0.3, 0.4) is 0 Å². The molecular weight excluding hydrogens is 430 g/mol. The van der Waals surface area contributed by atoms with Crippen LogP contribution < -0.4 is 9.64 Å². The summed E-state index contributed by atoms with van der Waals surface area (Å²) in [6, 6.07) is 13.4. The van der Waals surface area contributed by atoms with Crippen molar-refractivity contribution in [2.24, 2.45) is 0 Å². The third kappa shape index (κ3) is 4.00. The maximum Gasteiger partial charge on any atom is 0.300 e. The Morgan fingerprint density at radius 1 is 1.09 bits per heavy atom. The summed E-state index contributed by atoms with van der Waals surface area (Å²) in [5, 5.41) is 11.4. The van der Waals surface area contributed by atoms with Crippen LogP contribution in [0.4, 0.5) is 5.69 Å². The van der Waals surface area contributed by atoms with E-state index in [1.165, 1.54) is 11.2 Å². The first-order chi connectivity index (χ1) is 16.2. The SMILES string of the molecule is CCOc1ccc(/C(O)=C2/C(=O)C(=O)N(c3ccc(C)c(C)c3)C2c2ccco2)cc1C(C)C. The molecule has 1 saturated heterocycles. The molecule has 176 valence electrons. The van der Waals surface area contributed by atoms with E-state index in [-0.39, 0.29) is 17.3 Å². The molecule has 1 amide bonds. The molecule has 1 unspecified atom stereocenters. The van der Waals surface area contributed by atoms with Crippen molar-refractivity contribution in [1.82, 2.24) is 0 Å². The van der Waals surface area contributed by atoms with Crippen molar-refractivity contribution in [1.29, 1.82) is 0 Å². The Morgan fingerprint density at radius 3 is 2.47 bits per heavy atom. The molecule has 2 heterocycles. The Labute approximate surface area is 199 Å². The minimum Gasteiger partial charge on any atom is -0.507 e. The maximum absolute atomic E-state index is 13.3. The number of furan rings is 1. The Bertz CT molecular complexity index is 1270. The van der Waals surface area contributed by atoms with Gasteiger partial charge in [0.25, 0.3) is 11.7 Å². The number of carbonyl (C=O) groups excluding carboxylic acids is 2. The number of hydrogen-bond acceptors (Lipinski definition) is 5. The molecule has 1 aliphatic heterocycles. The highest BCUT2D eigenvalue weighted by Crippen LogP contribution is 2.43. The number of aryl methyl sites for hydroxylation is 2. The van der Waals surface area contributed by atoms with Crippen LogP contribution in [0.1, 0.15) is 60.7 Å². The van der Waals surface area contributed by atoms with E-state index >= 15 is 0 Å². The number of amides is 1. The fourth-order valence-corrected chi connectivity index (χ4v) is 4.28. The van der Waals surface area contributed by atoms with Gasteiger partial charge in [0.2, 0.25) is 0 Å². The van der Waals surface area contributed by atoms with Crippen molar-refractivity contribution in [3.05, 3.63) is 88.4 Å². The molecule has 6 nitrogen and oxygen atoms in total. The first-order valence-electron chi connectivity index (χ1n) is 11.4. The van der Waals surface area contributed by atoms with E-state index in [1.807, 2.05) is 52.8 Å². The molecule has 1 atom stereocenters. The Morgan fingerprint density at radius 2 is 1.85 bits per heavy atom. The Balaban J connectivity index is 1.90. The summed E-state index contributed by atoms with van der Waals surface area (Å²) in [5.74, 6) is -0.441. The fraction of sp³-hybridized carbons (Fsp3) is 0.286. The molecule has 3 aromatic rings. The average Bonchev–Trinajstić information content (AvgIpc) is 3.43. The lowest BCUT2D eigenvalue weighted by molar-refractivity contribution is -0.132. The van der Waals surface area contributed by atoms with Gasteiger partial charge in [-0.3, -0.25) is 14.5 Å². The van der Waals surface area contributed by atoms with Gasteiger partial charge >= 0.3 is 0 Å². The lowest BCUT2D eigenvalue weighted by Gasteiger charge is -2.24. The summed E-state index contributed by atoms with van der Waals surface area (Å²) in [6.45, 7) is 10.4. The van der Waals surface area contributed by atoms with Gasteiger partial charge in [0.1, 0.15) is 23.3 Å². The summed E-state index contributed by atoms with van der Waals surface area (Å²) < 4.78 is 11.4. The molecule has 1 N–H and O–H groups in total. The zero-order valence-corrected chi connectivity index (χ0v) is 20.1. The minimum absolute atomic E-state index is 0.00274. The monoisotopic (exact) mass is 459 g/mol. The highest BCUT2D eigenvalue weighted by atomic mass is 16.5. The number of ether oxygens (including phenoxy) is 1. The molecule has 0 aliphatic carbocycles. The molecule has 2 aromatic carbocycles. The summed E-state index contributed by atoms with van der Waals surface area (Å²) in [7, 11) is 0. The Kier molecular flexibility index (Phi) is 6.33. The fourth-order valence-electron chi connectivity index (χ4n) is 4.28. The van der Waals surface area contributed by atoms with Crippen molar-refractivity contribution in [2.45, 2.75) is 46.6 Å². The number of aliphatic hydroxyl groups is 1. The zero-order chi connectivity index (χ0) is 24.6. The lowest BCUT2D eigenvalue weighted by Crippen LogP contribution is -2.29. The summed E-state index contributed by atoms with van der Waals surface area (Å²) >= 11 is 0. The number of hydrogen-bond donors (Lipinski definition) is 1. The van der Waals surface area contributed by atoms with Crippen molar-refractivity contribution in [2.75, 3.05) is 11.5 Å². The number of aliphatic hydroxyl groups excluding tert-OH is 1. The molecule has 4 rings (SSSR count). The summed E-state index contributed by atoms with van der Waals surface area (Å²) in [6.07, 6.45) is 1.49. The van der Waals surface area contributed by atoms with Crippen LogP contribution in [0.15, 0.2) is 64.8 Å². The standard InChI is InChI=1S/C28H29NO5/c1-6-33-22-12-10-19(15-21(22)16(2)3)26(30)24-25(23-8-7-13-34-23)29(28(32)27(24)31)20-11-9-17(4)18(5)14-20/h7-16,25,30H,6H2,1-5H3/b26-24-. The largest absolute Gasteiger partial charge is 0.507 e. The van der Waals surface area contributed by atoms with Gasteiger partial charge in [0.15, 0.2) is 0 Å². The van der Waals surface area contributed by atoms with E-state index in [9.17, 15) is 14.7 Å². The topological polar surface area (TPSA) is 80.0 Å². The van der Waals surface area contributed by atoms with Crippen LogP contribution in [-0.2, 0) is 9.59 Å². The predicted molar refractivity (Wildman–Crippen MR) is 131 cm³/mol. The molecule has 1 fully saturated rings. The van der Waals surface area contributed by atoms with Gasteiger partial charge in [-0.2, -0.15) is 0 Å². The number of nitrogens with zero attached hydrogens (tertiary/aromatic N) is 1. The van der Waals surface area contributed by atoms with Gasteiger partial charge in [-0.15, -0.1) is 0 Å². The summed E-state index contributed by atoms with van der Waals surface area (Å²) in [4.78, 5) is 27.9. The first-order valence-corrected chi connectivity index (χ1v) is 11.4. The third-order valence-electron chi connectivity index (χ3n) is 6.23. The highest BCUT2D eigenvalue weighted by Gasteiger charge is 2.48. The molecule has 0 bridgehead atoms. The van der Waals surface area contributed by atoms with E-state index in [2.05, 4.69) is 0 Å². The lowest BCUT2D eigenvalue weighted by atomic mass is 9.95. The van der Waals surface area contributed by atoms with Gasteiger partial charge in [0.05, 0.1) is 18.4 Å². The normalized spacial score (nSPS) is 17.6. The van der Waals surface area contributed by atoms with E-state index in [0.717, 1.165) is 22.4 Å². The van der Waals surface area contributed by atoms with Crippen molar-refractivity contribution in [3.63, 3.8) is 0 Å². The van der Waals surface area contributed by atoms with E-state index < -0.39 is 17.7 Å². The first kappa shape index (κ1) is 23.4. The number of benzene rings is 2. The molecular formula is C28H29NO5. The van der Waals surface area contributed by atoms with Crippen LogP contribution in [-0.4, -0.2) is 23.4 Å². The van der Waals surface area contributed by atoms with E-state index in [1.54, 1.807) is 30.3 Å². The van der Waals surface area contributed by atoms with Crippen LogP contribution in [0.5, 0.6) is 5.75 Å². The van der Waals surface area contributed by atoms with Gasteiger partial charge in [-0.05, 0) is 85.8 Å². The van der Waals surface area contributed by atoms with Crippen LogP contribution in [0.2, 0.25) is 0 Å². The van der Waals surface area contributed by atoms with E-state index in [4.69, 9.17) is 9.15 Å². The van der Waals surface area contributed by atoms with Gasteiger partial charge in [0, 0.05) is 11.3 Å². The predicted octanol–water partition coefficient (Wildman–Crippen LogP) is 6.04. The van der Waals surface area contributed by atoms with Gasteiger partial charge in [-0.25, -0.2) is 0 Å². The van der Waals surface area contributed by atoms with Gasteiger partial charge < -0.3 is 14.3 Å². The second-order valence-electron chi connectivity index (χ2n) is 8.79. The second kappa shape index (κ2) is 9.21. The Hall–Kier alpha value is -3.80. The van der Waals surface area contributed by atoms with Gasteiger partial charge in [-0.1, -0.05) is 19.9 Å². The quantitative estimate of drug-likeness (QED) is 0.276. The highest BCUT2D eigenvalue weighted by molar-refractivity contribution is 6.51.